The van der Waals surface area contributed by atoms with Gasteiger partial charge >= 0.3 is 0 Å². The molecule has 0 bridgehead atoms. The van der Waals surface area contributed by atoms with E-state index < -0.39 is 0 Å². The van der Waals surface area contributed by atoms with Gasteiger partial charge in [0.1, 0.15) is 0 Å². The Morgan fingerprint density at radius 3 is 2.05 bits per heavy atom. The summed E-state index contributed by atoms with van der Waals surface area (Å²) >= 11 is 0. The molecule has 0 aliphatic heterocycles. The monoisotopic (exact) mass is 282 g/mol. The van der Waals surface area contributed by atoms with Gasteiger partial charge < -0.3 is 24.8 Å². The second kappa shape index (κ2) is 8.53. The number of hydrogen-bond donors (Lipinski definition) is 1. The first-order valence-electron chi connectivity index (χ1n) is 7.02. The number of benzene rings is 1. The summed E-state index contributed by atoms with van der Waals surface area (Å²) in [5, 5.41) is 0. The van der Waals surface area contributed by atoms with E-state index in [-0.39, 0.29) is 0 Å². The van der Waals surface area contributed by atoms with Crippen molar-refractivity contribution >= 4 is 5.69 Å². The fourth-order valence-electron chi connectivity index (χ4n) is 2.04. The largest absolute Gasteiger partial charge is 0.493 e. The lowest BCUT2D eigenvalue weighted by atomic mass is 10.2. The highest BCUT2D eigenvalue weighted by Crippen LogP contribution is 2.39. The molecule has 5 nitrogen and oxygen atoms in total. The number of nitrogens with two attached hydrogens (primary N) is 1. The van der Waals surface area contributed by atoms with Gasteiger partial charge in [0.15, 0.2) is 11.5 Å². The number of hydrogen-bond acceptors (Lipinski definition) is 5. The minimum absolute atomic E-state index is 0.592. The molecule has 1 rings (SSSR count). The average Bonchev–Trinajstić information content (AvgIpc) is 2.47. The van der Waals surface area contributed by atoms with Crippen molar-refractivity contribution in [1.29, 1.82) is 0 Å². The smallest absolute Gasteiger partial charge is 0.203 e. The van der Waals surface area contributed by atoms with Crippen molar-refractivity contribution in [2.45, 2.75) is 20.3 Å². The Kier molecular flexibility index (Phi) is 7.01. The Bertz CT molecular complexity index is 381. The van der Waals surface area contributed by atoms with Gasteiger partial charge in [-0.2, -0.15) is 0 Å². The van der Waals surface area contributed by atoms with E-state index in [4.69, 9.17) is 19.9 Å². The predicted octanol–water partition coefficient (Wildman–Crippen LogP) is 2.40. The topological polar surface area (TPSA) is 57.0 Å². The third kappa shape index (κ3) is 4.49. The number of rotatable bonds is 9. The molecule has 0 aliphatic rings. The van der Waals surface area contributed by atoms with E-state index in [9.17, 15) is 0 Å². The second-order valence-electron chi connectivity index (χ2n) is 4.48. The standard InChI is InChI=1S/C15H26N2O3/c1-5-17(6-2)8-7-9-20-15-13(18-3)10-12(16)11-14(15)19-4/h10-11H,5-9,16H2,1-4H3. The average molecular weight is 282 g/mol. The summed E-state index contributed by atoms with van der Waals surface area (Å²) in [4.78, 5) is 2.36. The molecule has 5 heteroatoms. The fraction of sp³-hybridized carbons (Fsp3) is 0.600. The van der Waals surface area contributed by atoms with Crippen LogP contribution in [0.5, 0.6) is 17.2 Å². The van der Waals surface area contributed by atoms with Gasteiger partial charge in [-0.05, 0) is 19.5 Å². The Morgan fingerprint density at radius 1 is 1.05 bits per heavy atom. The first kappa shape index (κ1) is 16.4. The maximum Gasteiger partial charge on any atom is 0.203 e. The second-order valence-corrected chi connectivity index (χ2v) is 4.48. The number of nitrogen functional groups attached to an aromatic ring is 1. The van der Waals surface area contributed by atoms with Crippen LogP contribution in [0.2, 0.25) is 0 Å². The van der Waals surface area contributed by atoms with E-state index in [1.165, 1.54) is 0 Å². The Labute approximate surface area is 121 Å². The first-order chi connectivity index (χ1) is 9.65. The van der Waals surface area contributed by atoms with Crippen LogP contribution in [0.15, 0.2) is 12.1 Å². The van der Waals surface area contributed by atoms with Crippen LogP contribution in [0, 0.1) is 0 Å². The Balaban J connectivity index is 2.62. The molecule has 0 spiro atoms. The van der Waals surface area contributed by atoms with Crippen LogP contribution in [-0.4, -0.2) is 45.4 Å². The predicted molar refractivity (Wildman–Crippen MR) is 81.9 cm³/mol. The molecule has 0 amide bonds. The van der Waals surface area contributed by atoms with Gasteiger partial charge in [0.05, 0.1) is 20.8 Å². The lowest BCUT2D eigenvalue weighted by molar-refractivity contribution is 0.235. The molecule has 0 radical (unpaired) electrons. The van der Waals surface area contributed by atoms with E-state index in [1.807, 2.05) is 0 Å². The third-order valence-electron chi connectivity index (χ3n) is 3.24. The van der Waals surface area contributed by atoms with Gasteiger partial charge in [0.2, 0.25) is 5.75 Å². The van der Waals surface area contributed by atoms with E-state index in [0.717, 1.165) is 26.1 Å². The van der Waals surface area contributed by atoms with E-state index in [0.29, 0.717) is 29.5 Å². The van der Waals surface area contributed by atoms with Crippen molar-refractivity contribution in [2.75, 3.05) is 46.2 Å². The number of nitrogens with zero attached hydrogens (tertiary/aromatic N) is 1. The van der Waals surface area contributed by atoms with Crippen LogP contribution in [0.1, 0.15) is 20.3 Å². The maximum atomic E-state index is 5.81. The molecular formula is C15H26N2O3. The molecule has 1 aromatic carbocycles. The zero-order valence-corrected chi connectivity index (χ0v) is 12.9. The van der Waals surface area contributed by atoms with Gasteiger partial charge in [-0.3, -0.25) is 0 Å². The molecule has 0 aliphatic carbocycles. The molecule has 20 heavy (non-hydrogen) atoms. The number of anilines is 1. The first-order valence-corrected chi connectivity index (χ1v) is 7.02. The summed E-state index contributed by atoms with van der Waals surface area (Å²) in [5.41, 5.74) is 6.38. The molecule has 0 aromatic heterocycles. The molecule has 0 atom stereocenters. The summed E-state index contributed by atoms with van der Waals surface area (Å²) in [6, 6.07) is 3.48. The van der Waals surface area contributed by atoms with Gasteiger partial charge in [0, 0.05) is 24.4 Å². The summed E-state index contributed by atoms with van der Waals surface area (Å²) in [5.74, 6) is 1.82. The van der Waals surface area contributed by atoms with Crippen LogP contribution < -0.4 is 19.9 Å². The van der Waals surface area contributed by atoms with Crippen molar-refractivity contribution in [3.05, 3.63) is 12.1 Å². The molecule has 0 unspecified atom stereocenters. The molecule has 0 heterocycles. The highest BCUT2D eigenvalue weighted by Gasteiger charge is 2.13. The van der Waals surface area contributed by atoms with Crippen molar-refractivity contribution in [1.82, 2.24) is 4.90 Å². The molecule has 1 aromatic rings. The zero-order chi connectivity index (χ0) is 15.0. The summed E-state index contributed by atoms with van der Waals surface area (Å²) in [6.07, 6.45) is 0.957. The summed E-state index contributed by atoms with van der Waals surface area (Å²) < 4.78 is 16.4. The quantitative estimate of drug-likeness (QED) is 0.557. The third-order valence-corrected chi connectivity index (χ3v) is 3.24. The van der Waals surface area contributed by atoms with E-state index in [2.05, 4.69) is 18.7 Å². The van der Waals surface area contributed by atoms with Crippen LogP contribution >= 0.6 is 0 Å². The van der Waals surface area contributed by atoms with Crippen molar-refractivity contribution in [2.24, 2.45) is 0 Å². The SMILES string of the molecule is CCN(CC)CCCOc1c(OC)cc(N)cc1OC. The highest BCUT2D eigenvalue weighted by molar-refractivity contribution is 5.60. The van der Waals surface area contributed by atoms with Gasteiger partial charge in [-0.25, -0.2) is 0 Å². The van der Waals surface area contributed by atoms with Crippen molar-refractivity contribution < 1.29 is 14.2 Å². The van der Waals surface area contributed by atoms with Gasteiger partial charge in [-0.1, -0.05) is 13.8 Å². The lowest BCUT2D eigenvalue weighted by Gasteiger charge is -2.19. The van der Waals surface area contributed by atoms with E-state index >= 15 is 0 Å². The molecule has 0 saturated heterocycles. The van der Waals surface area contributed by atoms with Gasteiger partial charge in [0.25, 0.3) is 0 Å². The summed E-state index contributed by atoms with van der Waals surface area (Å²) in [7, 11) is 3.19. The minimum atomic E-state index is 0.592. The molecular weight excluding hydrogens is 256 g/mol. The Morgan fingerprint density at radius 2 is 1.60 bits per heavy atom. The van der Waals surface area contributed by atoms with Crippen LogP contribution in [-0.2, 0) is 0 Å². The van der Waals surface area contributed by atoms with Crippen LogP contribution in [0.4, 0.5) is 5.69 Å². The van der Waals surface area contributed by atoms with Crippen molar-refractivity contribution in [3.8, 4) is 17.2 Å². The fourth-order valence-corrected chi connectivity index (χ4v) is 2.04. The summed E-state index contributed by atoms with van der Waals surface area (Å²) in [6.45, 7) is 8.09. The molecule has 114 valence electrons. The molecule has 2 N–H and O–H groups in total. The zero-order valence-electron chi connectivity index (χ0n) is 12.9. The maximum absolute atomic E-state index is 5.81. The molecule has 0 fully saturated rings. The number of ether oxygens (including phenoxy) is 3. The minimum Gasteiger partial charge on any atom is -0.493 e. The Hall–Kier alpha value is -1.62. The highest BCUT2D eigenvalue weighted by atomic mass is 16.5. The van der Waals surface area contributed by atoms with E-state index in [1.54, 1.807) is 26.4 Å². The lowest BCUT2D eigenvalue weighted by Crippen LogP contribution is -2.25. The van der Waals surface area contributed by atoms with Gasteiger partial charge in [-0.15, -0.1) is 0 Å². The normalized spacial score (nSPS) is 10.7. The molecule has 0 saturated carbocycles. The van der Waals surface area contributed by atoms with Crippen LogP contribution in [0.25, 0.3) is 0 Å². The number of methoxy groups -OCH3 is 2. The van der Waals surface area contributed by atoms with Crippen LogP contribution in [0.3, 0.4) is 0 Å². The van der Waals surface area contributed by atoms with Crippen molar-refractivity contribution in [3.63, 3.8) is 0 Å².